The molecule has 0 aliphatic carbocycles. The van der Waals surface area contributed by atoms with E-state index in [1.54, 1.807) is 0 Å². The van der Waals surface area contributed by atoms with E-state index in [2.05, 4.69) is 16.9 Å². The van der Waals surface area contributed by atoms with Crippen LogP contribution in [0.15, 0.2) is 35.3 Å². The lowest BCUT2D eigenvalue weighted by Crippen LogP contribution is -2.27. The molecule has 92 valence electrons. The normalized spacial score (nSPS) is 9.94. The average Bonchev–Trinajstić information content (AvgIpc) is 2.29. The molecule has 0 aliphatic rings. The summed E-state index contributed by atoms with van der Waals surface area (Å²) in [6.07, 6.45) is 1.38. The highest BCUT2D eigenvalue weighted by atomic mass is 16.5. The van der Waals surface area contributed by atoms with E-state index >= 15 is 0 Å². The summed E-state index contributed by atoms with van der Waals surface area (Å²) in [7, 11) is 0. The summed E-state index contributed by atoms with van der Waals surface area (Å²) in [5, 5.41) is 2.68. The molecule has 1 aromatic rings. The molecule has 0 atom stereocenters. The van der Waals surface area contributed by atoms with Crippen molar-refractivity contribution in [1.82, 2.24) is 10.3 Å². The minimum Gasteiger partial charge on any atom is -0.375 e. The smallest absolute Gasteiger partial charge is 0.252 e. The first kappa shape index (κ1) is 13.2. The van der Waals surface area contributed by atoms with E-state index in [0.717, 1.165) is 5.57 Å². The second-order valence-corrected chi connectivity index (χ2v) is 3.71. The van der Waals surface area contributed by atoms with Gasteiger partial charge >= 0.3 is 0 Å². The van der Waals surface area contributed by atoms with Crippen LogP contribution in [0.3, 0.4) is 0 Å². The Kier molecular flexibility index (Phi) is 5.16. The van der Waals surface area contributed by atoms with Crippen LogP contribution in [0, 0.1) is 0 Å². The van der Waals surface area contributed by atoms with Crippen molar-refractivity contribution in [1.29, 1.82) is 0 Å². The van der Waals surface area contributed by atoms with E-state index in [4.69, 9.17) is 4.74 Å². The molecule has 0 saturated carbocycles. The third-order valence-electron chi connectivity index (χ3n) is 1.93. The Morgan fingerprint density at radius 1 is 1.53 bits per heavy atom. The van der Waals surface area contributed by atoms with Gasteiger partial charge in [0, 0.05) is 18.8 Å². The number of pyridine rings is 1. The zero-order chi connectivity index (χ0) is 12.7. The van der Waals surface area contributed by atoms with Crippen molar-refractivity contribution in [2.45, 2.75) is 6.92 Å². The Morgan fingerprint density at radius 3 is 2.88 bits per heavy atom. The van der Waals surface area contributed by atoms with Gasteiger partial charge in [-0.3, -0.25) is 9.59 Å². The molecule has 1 amide bonds. The maximum Gasteiger partial charge on any atom is 0.252 e. The second kappa shape index (κ2) is 6.65. The summed E-state index contributed by atoms with van der Waals surface area (Å²) in [4.78, 5) is 24.8. The van der Waals surface area contributed by atoms with Crippen LogP contribution >= 0.6 is 0 Å². The number of hydrogen-bond donors (Lipinski definition) is 2. The van der Waals surface area contributed by atoms with Gasteiger partial charge in [-0.15, -0.1) is 0 Å². The van der Waals surface area contributed by atoms with Crippen molar-refractivity contribution in [2.75, 3.05) is 19.8 Å². The first-order valence-electron chi connectivity index (χ1n) is 5.28. The van der Waals surface area contributed by atoms with Crippen LogP contribution in [-0.4, -0.2) is 30.6 Å². The van der Waals surface area contributed by atoms with Crippen LogP contribution in [-0.2, 0) is 4.74 Å². The van der Waals surface area contributed by atoms with Gasteiger partial charge in [0.25, 0.3) is 5.91 Å². The number of hydrogen-bond acceptors (Lipinski definition) is 3. The Hall–Kier alpha value is -1.88. The van der Waals surface area contributed by atoms with E-state index < -0.39 is 0 Å². The van der Waals surface area contributed by atoms with Gasteiger partial charge in [-0.25, -0.2) is 0 Å². The van der Waals surface area contributed by atoms with Gasteiger partial charge in [-0.05, 0) is 13.0 Å². The Morgan fingerprint density at radius 2 is 2.29 bits per heavy atom. The maximum absolute atomic E-state index is 11.5. The van der Waals surface area contributed by atoms with Gasteiger partial charge in [0.05, 0.1) is 18.8 Å². The summed E-state index contributed by atoms with van der Waals surface area (Å²) in [5.41, 5.74) is 1.13. The number of nitrogens with one attached hydrogen (secondary N) is 2. The van der Waals surface area contributed by atoms with E-state index in [0.29, 0.717) is 25.3 Å². The fraction of sp³-hybridized carbons (Fsp3) is 0.333. The van der Waals surface area contributed by atoms with Gasteiger partial charge < -0.3 is 15.0 Å². The zero-order valence-corrected chi connectivity index (χ0v) is 9.79. The fourth-order valence-corrected chi connectivity index (χ4v) is 1.14. The molecule has 1 heterocycles. The SMILES string of the molecule is C=C(C)COCCNC(=O)c1ccc(=O)[nH]c1. The quantitative estimate of drug-likeness (QED) is 0.564. The maximum atomic E-state index is 11.5. The lowest BCUT2D eigenvalue weighted by atomic mass is 10.3. The van der Waals surface area contributed by atoms with Gasteiger partial charge in [-0.1, -0.05) is 12.2 Å². The predicted molar refractivity (Wildman–Crippen MR) is 65.0 cm³/mol. The molecule has 5 heteroatoms. The molecule has 0 saturated heterocycles. The molecule has 0 bridgehead atoms. The largest absolute Gasteiger partial charge is 0.375 e. The van der Waals surface area contributed by atoms with Crippen LogP contribution in [0.5, 0.6) is 0 Å². The van der Waals surface area contributed by atoms with E-state index in [1.165, 1.54) is 18.3 Å². The molecule has 0 spiro atoms. The third-order valence-corrected chi connectivity index (χ3v) is 1.93. The molecule has 2 N–H and O–H groups in total. The Balaban J connectivity index is 2.28. The molecule has 0 aliphatic heterocycles. The number of H-pyrrole nitrogens is 1. The lowest BCUT2D eigenvalue weighted by Gasteiger charge is -2.06. The topological polar surface area (TPSA) is 71.2 Å². The van der Waals surface area contributed by atoms with E-state index in [1.807, 2.05) is 6.92 Å². The molecule has 0 fully saturated rings. The number of ether oxygens (including phenoxy) is 1. The van der Waals surface area contributed by atoms with Crippen molar-refractivity contribution in [3.63, 3.8) is 0 Å². The molecule has 0 aromatic carbocycles. The highest BCUT2D eigenvalue weighted by Crippen LogP contribution is 1.92. The molecule has 5 nitrogen and oxygen atoms in total. The number of carbonyl (C=O) groups excluding carboxylic acids is 1. The lowest BCUT2D eigenvalue weighted by molar-refractivity contribution is 0.0926. The Bertz CT molecular complexity index is 431. The summed E-state index contributed by atoms with van der Waals surface area (Å²) >= 11 is 0. The van der Waals surface area contributed by atoms with Crippen LogP contribution in [0.2, 0.25) is 0 Å². The van der Waals surface area contributed by atoms with Crippen LogP contribution in [0.1, 0.15) is 17.3 Å². The van der Waals surface area contributed by atoms with Gasteiger partial charge in [0.2, 0.25) is 5.56 Å². The van der Waals surface area contributed by atoms with Crippen molar-refractivity contribution >= 4 is 5.91 Å². The first-order valence-corrected chi connectivity index (χ1v) is 5.28. The van der Waals surface area contributed by atoms with Gasteiger partial charge in [0.1, 0.15) is 0 Å². The highest BCUT2D eigenvalue weighted by Gasteiger charge is 2.03. The third kappa shape index (κ3) is 5.12. The highest BCUT2D eigenvalue weighted by molar-refractivity contribution is 5.93. The van der Waals surface area contributed by atoms with E-state index in [9.17, 15) is 9.59 Å². The molecule has 0 radical (unpaired) electrons. The van der Waals surface area contributed by atoms with Crippen molar-refractivity contribution in [3.05, 3.63) is 46.4 Å². The summed E-state index contributed by atoms with van der Waals surface area (Å²) in [6.45, 7) is 6.92. The first-order chi connectivity index (χ1) is 8.09. The number of amides is 1. The van der Waals surface area contributed by atoms with Gasteiger partial charge in [-0.2, -0.15) is 0 Å². The fourth-order valence-electron chi connectivity index (χ4n) is 1.14. The number of rotatable bonds is 6. The molecule has 1 rings (SSSR count). The number of aromatic amines is 1. The molecular formula is C12H16N2O3. The summed E-state index contributed by atoms with van der Waals surface area (Å²) in [5.74, 6) is -0.236. The van der Waals surface area contributed by atoms with Crippen molar-refractivity contribution in [3.8, 4) is 0 Å². The molecule has 0 unspecified atom stereocenters. The summed E-state index contributed by atoms with van der Waals surface area (Å²) in [6, 6.07) is 2.79. The number of carbonyl (C=O) groups is 1. The minimum atomic E-state index is -0.236. The van der Waals surface area contributed by atoms with E-state index in [-0.39, 0.29) is 11.5 Å². The number of aromatic nitrogens is 1. The molecular weight excluding hydrogens is 220 g/mol. The minimum absolute atomic E-state index is 0.230. The van der Waals surface area contributed by atoms with Crippen LogP contribution in [0.4, 0.5) is 0 Å². The standard InChI is InChI=1S/C12H16N2O3/c1-9(2)8-17-6-5-13-12(16)10-3-4-11(15)14-7-10/h3-4,7H,1,5-6,8H2,2H3,(H,13,16)(H,14,15). The molecule has 17 heavy (non-hydrogen) atoms. The second-order valence-electron chi connectivity index (χ2n) is 3.71. The zero-order valence-electron chi connectivity index (χ0n) is 9.79. The Labute approximate surface area is 99.5 Å². The van der Waals surface area contributed by atoms with Crippen molar-refractivity contribution < 1.29 is 9.53 Å². The van der Waals surface area contributed by atoms with Gasteiger partial charge in [0.15, 0.2) is 0 Å². The van der Waals surface area contributed by atoms with Crippen molar-refractivity contribution in [2.24, 2.45) is 0 Å². The molecule has 1 aromatic heterocycles. The predicted octanol–water partition coefficient (Wildman–Crippen LogP) is 0.697. The monoisotopic (exact) mass is 236 g/mol. The summed E-state index contributed by atoms with van der Waals surface area (Å²) < 4.78 is 5.23. The average molecular weight is 236 g/mol. The van der Waals surface area contributed by atoms with Crippen LogP contribution in [0.25, 0.3) is 0 Å². The van der Waals surface area contributed by atoms with Crippen LogP contribution < -0.4 is 10.9 Å².